The number of ether oxygens (including phenoxy) is 1. The van der Waals surface area contributed by atoms with E-state index < -0.39 is 29.7 Å². The van der Waals surface area contributed by atoms with Crippen molar-refractivity contribution in [1.29, 1.82) is 0 Å². The van der Waals surface area contributed by atoms with E-state index in [0.717, 1.165) is 12.0 Å². The molecule has 1 aromatic rings. The fraction of sp³-hybridized carbons (Fsp3) is 0.517. The zero-order chi connectivity index (χ0) is 24.8. The number of esters is 1. The maximum Gasteiger partial charge on any atom is 0.331 e. The van der Waals surface area contributed by atoms with Gasteiger partial charge in [-0.05, 0) is 66.2 Å². The lowest BCUT2D eigenvalue weighted by molar-refractivity contribution is -0.172. The van der Waals surface area contributed by atoms with E-state index in [0.29, 0.717) is 17.1 Å². The number of allylic oxidation sites excluding steroid dienone is 2. The van der Waals surface area contributed by atoms with Crippen molar-refractivity contribution in [2.75, 3.05) is 0 Å². The zero-order valence-electron chi connectivity index (χ0n) is 20.7. The lowest BCUT2D eigenvalue weighted by Gasteiger charge is -2.37. The van der Waals surface area contributed by atoms with E-state index in [1.165, 1.54) is 6.08 Å². The molecule has 0 bridgehead atoms. The van der Waals surface area contributed by atoms with Crippen molar-refractivity contribution < 1.29 is 24.5 Å². The minimum absolute atomic E-state index is 0.0621. The van der Waals surface area contributed by atoms with Crippen molar-refractivity contribution in [2.45, 2.75) is 65.3 Å². The Hall–Kier alpha value is -2.50. The summed E-state index contributed by atoms with van der Waals surface area (Å²) in [5.41, 5.74) is 0.488. The zero-order valence-corrected chi connectivity index (χ0v) is 20.7. The van der Waals surface area contributed by atoms with Crippen LogP contribution in [0.5, 0.6) is 0 Å². The summed E-state index contributed by atoms with van der Waals surface area (Å²) in [5.74, 6) is -1.62. The van der Waals surface area contributed by atoms with Crippen LogP contribution in [0.4, 0.5) is 0 Å². The average molecular weight is 465 g/mol. The van der Waals surface area contributed by atoms with Gasteiger partial charge in [0.05, 0.1) is 18.1 Å². The number of ketones is 1. The van der Waals surface area contributed by atoms with Crippen LogP contribution in [-0.4, -0.2) is 39.8 Å². The summed E-state index contributed by atoms with van der Waals surface area (Å²) in [6, 6.07) is 9.36. The molecule has 1 aromatic carbocycles. The molecule has 7 unspecified atom stereocenters. The normalized spacial score (nSPS) is 37.2. The Morgan fingerprint density at radius 1 is 1.15 bits per heavy atom. The van der Waals surface area contributed by atoms with Crippen molar-refractivity contribution in [3.63, 3.8) is 0 Å². The van der Waals surface area contributed by atoms with Gasteiger partial charge in [-0.25, -0.2) is 4.79 Å². The van der Waals surface area contributed by atoms with Gasteiger partial charge in [-0.1, -0.05) is 63.3 Å². The van der Waals surface area contributed by atoms with Crippen LogP contribution in [0.3, 0.4) is 0 Å². The highest BCUT2D eigenvalue weighted by Crippen LogP contribution is 2.62. The lowest BCUT2D eigenvalue weighted by atomic mass is 9.77. The van der Waals surface area contributed by atoms with Crippen molar-refractivity contribution in [2.24, 2.45) is 29.1 Å². The molecule has 0 radical (unpaired) electrons. The molecule has 2 fully saturated rings. The molecule has 0 heterocycles. The predicted octanol–water partition coefficient (Wildman–Crippen LogP) is 4.50. The second kappa shape index (κ2) is 8.94. The smallest absolute Gasteiger partial charge is 0.331 e. The van der Waals surface area contributed by atoms with Crippen LogP contribution in [0, 0.1) is 29.1 Å². The van der Waals surface area contributed by atoms with Gasteiger partial charge in [0.15, 0.2) is 5.60 Å². The Bertz CT molecular complexity index is 1050. The number of benzene rings is 1. The fourth-order valence-corrected chi connectivity index (χ4v) is 6.11. The Labute approximate surface area is 202 Å². The lowest BCUT2D eigenvalue weighted by Crippen LogP contribution is -2.53. The van der Waals surface area contributed by atoms with E-state index in [2.05, 4.69) is 13.8 Å². The molecule has 2 saturated carbocycles. The van der Waals surface area contributed by atoms with Crippen LogP contribution in [0.2, 0.25) is 0 Å². The second-order valence-corrected chi connectivity index (χ2v) is 11.0. The summed E-state index contributed by atoms with van der Waals surface area (Å²) in [5, 5.41) is 22.5. The first-order valence-corrected chi connectivity index (χ1v) is 12.2. The third-order valence-electron chi connectivity index (χ3n) is 8.42. The van der Waals surface area contributed by atoms with Gasteiger partial charge in [-0.15, -0.1) is 0 Å². The average Bonchev–Trinajstić information content (AvgIpc) is 3.21. The monoisotopic (exact) mass is 464 g/mol. The number of aliphatic hydroxyl groups is 2. The Kier molecular flexibility index (Phi) is 6.47. The summed E-state index contributed by atoms with van der Waals surface area (Å²) in [6.45, 7) is 9.80. The summed E-state index contributed by atoms with van der Waals surface area (Å²) >= 11 is 0. The third-order valence-corrected chi connectivity index (χ3v) is 8.42. The predicted molar refractivity (Wildman–Crippen MR) is 131 cm³/mol. The van der Waals surface area contributed by atoms with Gasteiger partial charge in [-0.2, -0.15) is 0 Å². The van der Waals surface area contributed by atoms with Crippen LogP contribution < -0.4 is 0 Å². The van der Waals surface area contributed by atoms with Gasteiger partial charge < -0.3 is 14.9 Å². The minimum Gasteiger partial charge on any atom is -0.447 e. The molecule has 3 aliphatic rings. The number of hydrogen-bond donors (Lipinski definition) is 2. The molecule has 5 nitrogen and oxygen atoms in total. The molecule has 5 heteroatoms. The summed E-state index contributed by atoms with van der Waals surface area (Å²) < 4.78 is 5.98. The van der Waals surface area contributed by atoms with E-state index in [1.54, 1.807) is 13.0 Å². The molecule has 2 N–H and O–H groups in total. The molecule has 0 amide bonds. The summed E-state index contributed by atoms with van der Waals surface area (Å²) in [4.78, 5) is 27.0. The van der Waals surface area contributed by atoms with Gasteiger partial charge in [-0.3, -0.25) is 4.79 Å². The number of hydrogen-bond acceptors (Lipinski definition) is 5. The topological polar surface area (TPSA) is 83.8 Å². The van der Waals surface area contributed by atoms with Crippen molar-refractivity contribution in [1.82, 2.24) is 0 Å². The number of carbonyl (C=O) groups is 2. The molecule has 3 aliphatic carbocycles. The number of aliphatic hydroxyl groups excluding tert-OH is 2. The molecule has 0 saturated heterocycles. The Morgan fingerprint density at radius 3 is 2.50 bits per heavy atom. The first-order valence-electron chi connectivity index (χ1n) is 12.2. The van der Waals surface area contributed by atoms with E-state index in [9.17, 15) is 19.8 Å². The maximum absolute atomic E-state index is 14.0. The van der Waals surface area contributed by atoms with Crippen molar-refractivity contribution >= 4 is 17.8 Å². The Morgan fingerprint density at radius 2 is 1.82 bits per heavy atom. The van der Waals surface area contributed by atoms with Crippen LogP contribution in [-0.2, 0) is 14.3 Å². The largest absolute Gasteiger partial charge is 0.447 e. The summed E-state index contributed by atoms with van der Waals surface area (Å²) in [7, 11) is 0. The quantitative estimate of drug-likeness (QED) is 0.391. The second-order valence-electron chi connectivity index (χ2n) is 11.0. The molecule has 7 atom stereocenters. The van der Waals surface area contributed by atoms with E-state index in [-0.39, 0.29) is 29.5 Å². The molecule has 0 aromatic heterocycles. The number of fused-ring (bicyclic) bond motifs is 2. The van der Waals surface area contributed by atoms with Gasteiger partial charge >= 0.3 is 5.97 Å². The van der Waals surface area contributed by atoms with Crippen LogP contribution in [0.25, 0.3) is 6.08 Å². The summed E-state index contributed by atoms with van der Waals surface area (Å²) in [6.07, 6.45) is 5.86. The standard InChI is InChI=1S/C29H36O5/c1-17-11-13-21-22(28(21,4)5)15-18(2)27(33)29(16-19(3)26(32)24(29)25(17)31)34-23(30)14-12-20-9-7-6-8-10-20/h6-12,14-15,19,21-22,24-26,31-32H,13,16H2,1-5H3. The Balaban J connectivity index is 1.75. The van der Waals surface area contributed by atoms with Gasteiger partial charge in [0, 0.05) is 12.5 Å². The highest BCUT2D eigenvalue weighted by molar-refractivity contribution is 6.04. The molecular formula is C29H36O5. The SMILES string of the molecule is CC1=CC2C(CC=C(C)C(O)C3C(O)C(C)CC3(OC(=O)C=Cc3ccccc3)C1=O)C2(C)C. The van der Waals surface area contributed by atoms with E-state index in [4.69, 9.17) is 4.74 Å². The number of carbonyl (C=O) groups excluding carboxylic acids is 2. The molecule has 34 heavy (non-hydrogen) atoms. The number of Topliss-reactive ketones (excluding diaryl/α,β-unsaturated/α-hetero) is 1. The number of rotatable bonds is 3. The molecule has 4 rings (SSSR count). The van der Waals surface area contributed by atoms with Crippen LogP contribution in [0.1, 0.15) is 53.0 Å². The highest BCUT2D eigenvalue weighted by Gasteiger charge is 2.63. The van der Waals surface area contributed by atoms with Crippen molar-refractivity contribution in [3.8, 4) is 0 Å². The molecule has 0 spiro atoms. The maximum atomic E-state index is 14.0. The third kappa shape index (κ3) is 4.20. The van der Waals surface area contributed by atoms with Gasteiger partial charge in [0.25, 0.3) is 0 Å². The minimum atomic E-state index is -1.63. The molecular weight excluding hydrogens is 428 g/mol. The highest BCUT2D eigenvalue weighted by atomic mass is 16.6. The first-order chi connectivity index (χ1) is 16.0. The van der Waals surface area contributed by atoms with Gasteiger partial charge in [0.1, 0.15) is 0 Å². The van der Waals surface area contributed by atoms with Crippen LogP contribution in [0.15, 0.2) is 59.7 Å². The molecule has 0 aliphatic heterocycles. The molecule has 182 valence electrons. The van der Waals surface area contributed by atoms with Crippen LogP contribution >= 0.6 is 0 Å². The van der Waals surface area contributed by atoms with E-state index >= 15 is 0 Å². The first kappa shape index (κ1) is 24.6. The van der Waals surface area contributed by atoms with E-state index in [1.807, 2.05) is 56.3 Å². The van der Waals surface area contributed by atoms with Crippen molar-refractivity contribution in [3.05, 3.63) is 65.3 Å². The van der Waals surface area contributed by atoms with Gasteiger partial charge in [0.2, 0.25) is 5.78 Å². The fourth-order valence-electron chi connectivity index (χ4n) is 6.11.